The smallest absolute Gasteiger partial charge is 0.195 e. The number of fused-ring (bicyclic) bond motifs is 1. The van der Waals surface area contributed by atoms with E-state index >= 15 is 0 Å². The second kappa shape index (κ2) is 2.87. The molecule has 1 heterocycles. The number of aromatic nitrogens is 1. The van der Waals surface area contributed by atoms with E-state index in [4.69, 9.17) is 4.42 Å². The van der Waals surface area contributed by atoms with Crippen molar-refractivity contribution in [2.45, 2.75) is 27.2 Å². The van der Waals surface area contributed by atoms with Gasteiger partial charge in [-0.3, -0.25) is 0 Å². The topological polar surface area (TPSA) is 26.0 Å². The Hall–Kier alpha value is -1.31. The van der Waals surface area contributed by atoms with E-state index in [1.165, 1.54) is 11.1 Å². The lowest BCUT2D eigenvalue weighted by molar-refractivity contribution is 0.538. The average molecular weight is 175 g/mol. The van der Waals surface area contributed by atoms with Crippen molar-refractivity contribution < 1.29 is 4.42 Å². The molecule has 68 valence electrons. The molecule has 0 bridgehead atoms. The molecule has 0 amide bonds. The van der Waals surface area contributed by atoms with E-state index in [0.29, 0.717) is 0 Å². The lowest BCUT2D eigenvalue weighted by Gasteiger charge is -1.96. The molecule has 0 fully saturated rings. The zero-order valence-electron chi connectivity index (χ0n) is 8.22. The van der Waals surface area contributed by atoms with Crippen molar-refractivity contribution in [3.63, 3.8) is 0 Å². The highest BCUT2D eigenvalue weighted by molar-refractivity contribution is 5.74. The standard InChI is InChI=1S/C11H13NO/c1-4-11-12-9-5-7(2)8(3)6-10(9)13-11/h5-6H,4H2,1-3H3. The second-order valence-corrected chi connectivity index (χ2v) is 3.37. The molecule has 0 saturated heterocycles. The first-order chi connectivity index (χ1) is 6.20. The van der Waals surface area contributed by atoms with Gasteiger partial charge in [0.05, 0.1) is 0 Å². The van der Waals surface area contributed by atoms with Crippen LogP contribution in [0, 0.1) is 13.8 Å². The van der Waals surface area contributed by atoms with Crippen molar-refractivity contribution in [3.05, 3.63) is 29.2 Å². The van der Waals surface area contributed by atoms with E-state index in [-0.39, 0.29) is 0 Å². The lowest BCUT2D eigenvalue weighted by atomic mass is 10.1. The van der Waals surface area contributed by atoms with Gasteiger partial charge in [-0.05, 0) is 37.1 Å². The summed E-state index contributed by atoms with van der Waals surface area (Å²) in [5.74, 6) is 0.819. The van der Waals surface area contributed by atoms with Gasteiger partial charge < -0.3 is 4.42 Å². The minimum absolute atomic E-state index is 0.819. The second-order valence-electron chi connectivity index (χ2n) is 3.37. The first-order valence-corrected chi connectivity index (χ1v) is 4.57. The molecule has 0 aliphatic carbocycles. The molecule has 2 rings (SSSR count). The molecular weight excluding hydrogens is 162 g/mol. The molecule has 0 aliphatic rings. The van der Waals surface area contributed by atoms with Crippen LogP contribution in [0.2, 0.25) is 0 Å². The SMILES string of the molecule is CCc1nc2cc(C)c(C)cc2o1. The van der Waals surface area contributed by atoms with E-state index in [1.54, 1.807) is 0 Å². The van der Waals surface area contributed by atoms with Crippen molar-refractivity contribution >= 4 is 11.1 Å². The number of hydrogen-bond donors (Lipinski definition) is 0. The van der Waals surface area contributed by atoms with Gasteiger partial charge in [-0.25, -0.2) is 4.98 Å². The summed E-state index contributed by atoms with van der Waals surface area (Å²) in [5, 5.41) is 0. The summed E-state index contributed by atoms with van der Waals surface area (Å²) in [5.41, 5.74) is 4.40. The molecule has 13 heavy (non-hydrogen) atoms. The fourth-order valence-electron chi connectivity index (χ4n) is 1.38. The molecule has 2 aromatic rings. The third-order valence-electron chi connectivity index (χ3n) is 2.35. The van der Waals surface area contributed by atoms with Crippen LogP contribution in [0.4, 0.5) is 0 Å². The predicted molar refractivity (Wildman–Crippen MR) is 52.9 cm³/mol. The Labute approximate surface area is 77.6 Å². The number of aryl methyl sites for hydroxylation is 3. The Balaban J connectivity index is 2.70. The van der Waals surface area contributed by atoms with Crippen LogP contribution in [0.15, 0.2) is 16.5 Å². The maximum Gasteiger partial charge on any atom is 0.195 e. The number of rotatable bonds is 1. The fourth-order valence-corrected chi connectivity index (χ4v) is 1.38. The van der Waals surface area contributed by atoms with Crippen LogP contribution in [0.3, 0.4) is 0 Å². The quantitative estimate of drug-likeness (QED) is 0.665. The number of oxazole rings is 1. The Morgan fingerprint density at radius 3 is 2.62 bits per heavy atom. The van der Waals surface area contributed by atoms with Gasteiger partial charge in [0.2, 0.25) is 0 Å². The Morgan fingerprint density at radius 1 is 1.23 bits per heavy atom. The van der Waals surface area contributed by atoms with E-state index < -0.39 is 0 Å². The van der Waals surface area contributed by atoms with Crippen molar-refractivity contribution in [2.75, 3.05) is 0 Å². The Kier molecular flexibility index (Phi) is 1.83. The molecule has 1 aromatic carbocycles. The van der Waals surface area contributed by atoms with E-state index in [2.05, 4.69) is 31.0 Å². The van der Waals surface area contributed by atoms with Crippen molar-refractivity contribution in [1.29, 1.82) is 0 Å². The molecule has 0 N–H and O–H groups in total. The molecule has 0 radical (unpaired) electrons. The summed E-state index contributed by atoms with van der Waals surface area (Å²) in [4.78, 5) is 4.37. The van der Waals surface area contributed by atoms with E-state index in [1.807, 2.05) is 6.92 Å². The van der Waals surface area contributed by atoms with Crippen LogP contribution in [-0.2, 0) is 6.42 Å². The van der Waals surface area contributed by atoms with Gasteiger partial charge in [-0.1, -0.05) is 6.92 Å². The summed E-state index contributed by atoms with van der Waals surface area (Å²) in [7, 11) is 0. The van der Waals surface area contributed by atoms with Gasteiger partial charge in [0.1, 0.15) is 5.52 Å². The molecule has 2 heteroatoms. The fraction of sp³-hybridized carbons (Fsp3) is 0.364. The Morgan fingerprint density at radius 2 is 1.92 bits per heavy atom. The van der Waals surface area contributed by atoms with Gasteiger partial charge in [-0.2, -0.15) is 0 Å². The van der Waals surface area contributed by atoms with Gasteiger partial charge >= 0.3 is 0 Å². The van der Waals surface area contributed by atoms with E-state index in [9.17, 15) is 0 Å². The summed E-state index contributed by atoms with van der Waals surface area (Å²) in [6, 6.07) is 4.13. The summed E-state index contributed by atoms with van der Waals surface area (Å²) in [6.45, 7) is 6.22. The van der Waals surface area contributed by atoms with Crippen LogP contribution in [0.25, 0.3) is 11.1 Å². The first-order valence-electron chi connectivity index (χ1n) is 4.57. The van der Waals surface area contributed by atoms with Crippen LogP contribution < -0.4 is 0 Å². The monoisotopic (exact) mass is 175 g/mol. The average Bonchev–Trinajstić information content (AvgIpc) is 2.48. The van der Waals surface area contributed by atoms with Crippen molar-refractivity contribution in [2.24, 2.45) is 0 Å². The third kappa shape index (κ3) is 1.32. The van der Waals surface area contributed by atoms with Crippen LogP contribution in [-0.4, -0.2) is 4.98 Å². The third-order valence-corrected chi connectivity index (χ3v) is 2.35. The Bertz CT molecular complexity index is 404. The molecule has 0 unspecified atom stereocenters. The molecule has 0 spiro atoms. The first kappa shape index (κ1) is 8.30. The normalized spacial score (nSPS) is 11.0. The summed E-state index contributed by atoms with van der Waals surface area (Å²) < 4.78 is 5.54. The zero-order chi connectivity index (χ0) is 9.42. The van der Waals surface area contributed by atoms with Crippen molar-refractivity contribution in [3.8, 4) is 0 Å². The van der Waals surface area contributed by atoms with Crippen LogP contribution >= 0.6 is 0 Å². The minimum atomic E-state index is 0.819. The minimum Gasteiger partial charge on any atom is -0.441 e. The number of hydrogen-bond acceptors (Lipinski definition) is 2. The van der Waals surface area contributed by atoms with Gasteiger partial charge in [0.15, 0.2) is 11.5 Å². The molecule has 0 atom stereocenters. The molecule has 0 saturated carbocycles. The van der Waals surface area contributed by atoms with Gasteiger partial charge in [0.25, 0.3) is 0 Å². The largest absolute Gasteiger partial charge is 0.441 e. The molecular formula is C11H13NO. The van der Waals surface area contributed by atoms with Crippen molar-refractivity contribution in [1.82, 2.24) is 4.98 Å². The molecule has 0 aliphatic heterocycles. The van der Waals surface area contributed by atoms with Crippen LogP contribution in [0.1, 0.15) is 23.9 Å². The highest BCUT2D eigenvalue weighted by Crippen LogP contribution is 2.20. The maximum absolute atomic E-state index is 5.54. The lowest BCUT2D eigenvalue weighted by Crippen LogP contribution is -1.79. The zero-order valence-corrected chi connectivity index (χ0v) is 8.22. The number of benzene rings is 1. The highest BCUT2D eigenvalue weighted by atomic mass is 16.3. The van der Waals surface area contributed by atoms with Crippen LogP contribution in [0.5, 0.6) is 0 Å². The predicted octanol–water partition coefficient (Wildman–Crippen LogP) is 3.01. The van der Waals surface area contributed by atoms with Gasteiger partial charge in [0, 0.05) is 6.42 Å². The van der Waals surface area contributed by atoms with Gasteiger partial charge in [-0.15, -0.1) is 0 Å². The number of nitrogens with zero attached hydrogens (tertiary/aromatic N) is 1. The van der Waals surface area contributed by atoms with E-state index in [0.717, 1.165) is 23.4 Å². The molecule has 2 nitrogen and oxygen atoms in total. The highest BCUT2D eigenvalue weighted by Gasteiger charge is 2.05. The maximum atomic E-state index is 5.54. The molecule has 1 aromatic heterocycles. The summed E-state index contributed by atoms with van der Waals surface area (Å²) in [6.07, 6.45) is 0.854. The summed E-state index contributed by atoms with van der Waals surface area (Å²) >= 11 is 0.